The molecule has 2 aromatic rings. The average molecular weight is 456 g/mol. The van der Waals surface area contributed by atoms with Gasteiger partial charge in [-0.05, 0) is 56.5 Å². The van der Waals surface area contributed by atoms with Gasteiger partial charge in [0.25, 0.3) is 0 Å². The second kappa shape index (κ2) is 10.0. The van der Waals surface area contributed by atoms with Crippen LogP contribution in [0.2, 0.25) is 0 Å². The van der Waals surface area contributed by atoms with Crippen LogP contribution in [0.15, 0.2) is 36.4 Å². The Balaban J connectivity index is 1.81. The Hall–Kier alpha value is -3.42. The zero-order chi connectivity index (χ0) is 24.2. The topological polar surface area (TPSA) is 89.1 Å². The average Bonchev–Trinajstić information content (AvgIpc) is 2.86. The maximum atomic E-state index is 13.3. The van der Waals surface area contributed by atoms with Gasteiger partial charge in [0, 0.05) is 24.0 Å². The molecule has 1 aliphatic rings. The normalized spacial score (nSPS) is 14.8. The van der Waals surface area contributed by atoms with Crippen LogP contribution in [0, 0.1) is 11.3 Å². The van der Waals surface area contributed by atoms with E-state index in [1.165, 1.54) is 7.11 Å². The first kappa shape index (κ1) is 24.2. The molecule has 0 saturated heterocycles. The van der Waals surface area contributed by atoms with E-state index in [0.29, 0.717) is 53.4 Å². The quantitative estimate of drug-likeness (QED) is 0.603. The van der Waals surface area contributed by atoms with E-state index in [-0.39, 0.29) is 5.91 Å². The predicted molar refractivity (Wildman–Crippen MR) is 130 cm³/mol. The van der Waals surface area contributed by atoms with Gasteiger partial charge in [-0.25, -0.2) is 4.79 Å². The molecule has 0 bridgehead atoms. The molecule has 2 aromatic carbocycles. The molecule has 3 rings (SSSR count). The summed E-state index contributed by atoms with van der Waals surface area (Å²) in [6, 6.07) is 10.0. The number of nitrogens with one attached hydrogen (secondary N) is 2. The van der Waals surface area contributed by atoms with Gasteiger partial charge >= 0.3 is 6.03 Å². The summed E-state index contributed by atoms with van der Waals surface area (Å²) in [5, 5.41) is 5.62. The highest BCUT2D eigenvalue weighted by Gasteiger charge is 2.37. The predicted octanol–water partition coefficient (Wildman–Crippen LogP) is 5.15. The van der Waals surface area contributed by atoms with Gasteiger partial charge in [0.1, 0.15) is 12.4 Å². The van der Waals surface area contributed by atoms with Gasteiger partial charge in [0.15, 0.2) is 11.5 Å². The van der Waals surface area contributed by atoms with E-state index in [1.54, 1.807) is 48.4 Å². The Labute approximate surface area is 195 Å². The lowest BCUT2D eigenvalue weighted by molar-refractivity contribution is -0.127. The van der Waals surface area contributed by atoms with Crippen LogP contribution in [0.25, 0.3) is 0 Å². The molecule has 8 nitrogen and oxygen atoms in total. The molecule has 0 spiro atoms. The van der Waals surface area contributed by atoms with E-state index in [1.807, 2.05) is 13.8 Å². The van der Waals surface area contributed by atoms with Crippen molar-refractivity contribution in [1.29, 1.82) is 0 Å². The maximum absolute atomic E-state index is 13.3. The molecule has 0 radical (unpaired) electrons. The number of carbonyl (C=O) groups excluding carboxylic acids is 2. The molecule has 0 aromatic heterocycles. The van der Waals surface area contributed by atoms with Crippen molar-refractivity contribution in [3.8, 4) is 17.2 Å². The van der Waals surface area contributed by atoms with Gasteiger partial charge in [-0.3, -0.25) is 4.79 Å². The molecule has 1 heterocycles. The number of nitrogens with zero attached hydrogens (tertiary/aromatic N) is 1. The Morgan fingerprint density at radius 2 is 1.70 bits per heavy atom. The van der Waals surface area contributed by atoms with Crippen LogP contribution in [0.4, 0.5) is 21.9 Å². The van der Waals surface area contributed by atoms with Gasteiger partial charge in [0.2, 0.25) is 5.91 Å². The van der Waals surface area contributed by atoms with E-state index in [0.717, 1.165) is 6.42 Å². The van der Waals surface area contributed by atoms with E-state index in [2.05, 4.69) is 24.5 Å². The van der Waals surface area contributed by atoms with E-state index in [9.17, 15) is 9.59 Å². The van der Waals surface area contributed by atoms with Gasteiger partial charge < -0.3 is 29.7 Å². The van der Waals surface area contributed by atoms with Crippen LogP contribution < -0.4 is 29.7 Å². The van der Waals surface area contributed by atoms with Gasteiger partial charge in [-0.1, -0.05) is 13.8 Å². The lowest BCUT2D eigenvalue weighted by Gasteiger charge is -2.28. The third kappa shape index (κ3) is 5.69. The number of ether oxygens (including phenoxy) is 3. The highest BCUT2D eigenvalue weighted by Crippen LogP contribution is 2.38. The third-order valence-corrected chi connectivity index (χ3v) is 5.49. The van der Waals surface area contributed by atoms with Crippen molar-refractivity contribution in [2.45, 2.75) is 34.1 Å². The smallest absolute Gasteiger partial charge is 0.323 e. The summed E-state index contributed by atoms with van der Waals surface area (Å²) >= 11 is 0. The van der Waals surface area contributed by atoms with Crippen LogP contribution >= 0.6 is 0 Å². The molecule has 33 heavy (non-hydrogen) atoms. The Morgan fingerprint density at radius 1 is 1.06 bits per heavy atom. The molecule has 0 fully saturated rings. The maximum Gasteiger partial charge on any atom is 0.323 e. The molecular formula is C25H33N3O5. The molecule has 2 N–H and O–H groups in total. The zero-order valence-corrected chi connectivity index (χ0v) is 20.2. The molecule has 0 atom stereocenters. The lowest BCUT2D eigenvalue weighted by Crippen LogP contribution is -2.42. The molecule has 3 amide bonds. The zero-order valence-electron chi connectivity index (χ0n) is 20.2. The molecule has 1 aliphatic heterocycles. The fourth-order valence-corrected chi connectivity index (χ4v) is 3.54. The van der Waals surface area contributed by atoms with Gasteiger partial charge in [-0.2, -0.15) is 0 Å². The summed E-state index contributed by atoms with van der Waals surface area (Å²) < 4.78 is 16.5. The van der Waals surface area contributed by atoms with Crippen molar-refractivity contribution in [2.24, 2.45) is 11.3 Å². The van der Waals surface area contributed by atoms with Crippen molar-refractivity contribution in [3.05, 3.63) is 36.4 Å². The minimum Gasteiger partial charge on any atom is -0.493 e. The Bertz CT molecular complexity index is 1020. The second-order valence-corrected chi connectivity index (χ2v) is 9.14. The Morgan fingerprint density at radius 3 is 2.33 bits per heavy atom. The summed E-state index contributed by atoms with van der Waals surface area (Å²) in [6.45, 7) is 8.91. The molecule has 8 heteroatoms. The standard InChI is InChI=1S/C25H33N3O5/c1-16(2)11-12-28-19-13-17(7-9-20(19)33-15-25(3,4)23(28)29)26-24(30)27-18-8-10-21(31-5)22(14-18)32-6/h7-10,13-14,16H,11-12,15H2,1-6H3,(H2,26,27,30). The van der Waals surface area contributed by atoms with E-state index in [4.69, 9.17) is 14.2 Å². The third-order valence-electron chi connectivity index (χ3n) is 5.49. The number of methoxy groups -OCH3 is 2. The summed E-state index contributed by atoms with van der Waals surface area (Å²) in [4.78, 5) is 27.7. The van der Waals surface area contributed by atoms with Crippen LogP contribution in [0.5, 0.6) is 17.2 Å². The number of rotatable bonds is 7. The first-order chi connectivity index (χ1) is 15.6. The number of urea groups is 1. The van der Waals surface area contributed by atoms with Crippen LogP contribution in [0.3, 0.4) is 0 Å². The van der Waals surface area contributed by atoms with Gasteiger partial charge in [0.05, 0.1) is 25.3 Å². The summed E-state index contributed by atoms with van der Waals surface area (Å²) in [7, 11) is 3.09. The minimum absolute atomic E-state index is 0.00818. The SMILES string of the molecule is COc1ccc(NC(=O)Nc2ccc3c(c2)N(CCC(C)C)C(=O)C(C)(C)CO3)cc1OC. The van der Waals surface area contributed by atoms with Crippen LogP contribution in [-0.4, -0.2) is 39.3 Å². The number of fused-ring (bicyclic) bond motifs is 1. The Kier molecular flexibility index (Phi) is 7.36. The van der Waals surface area contributed by atoms with Gasteiger partial charge in [-0.15, -0.1) is 0 Å². The fraction of sp³-hybridized carbons (Fsp3) is 0.440. The largest absolute Gasteiger partial charge is 0.493 e. The number of benzene rings is 2. The van der Waals surface area contributed by atoms with Crippen molar-refractivity contribution < 1.29 is 23.8 Å². The molecule has 0 saturated carbocycles. The number of amides is 3. The summed E-state index contributed by atoms with van der Waals surface area (Å²) in [6.07, 6.45) is 0.860. The first-order valence-electron chi connectivity index (χ1n) is 11.0. The lowest BCUT2D eigenvalue weighted by atomic mass is 9.92. The van der Waals surface area contributed by atoms with Crippen molar-refractivity contribution in [2.75, 3.05) is 42.9 Å². The number of anilines is 3. The van der Waals surface area contributed by atoms with Crippen LogP contribution in [-0.2, 0) is 4.79 Å². The first-order valence-corrected chi connectivity index (χ1v) is 11.0. The second-order valence-electron chi connectivity index (χ2n) is 9.14. The number of carbonyl (C=O) groups is 2. The molecule has 0 aliphatic carbocycles. The summed E-state index contributed by atoms with van der Waals surface area (Å²) in [5.74, 6) is 2.17. The number of hydrogen-bond acceptors (Lipinski definition) is 5. The fourth-order valence-electron chi connectivity index (χ4n) is 3.54. The highest BCUT2D eigenvalue weighted by atomic mass is 16.5. The molecule has 178 valence electrons. The molecule has 0 unspecified atom stereocenters. The van der Waals surface area contributed by atoms with Crippen molar-refractivity contribution in [3.63, 3.8) is 0 Å². The van der Waals surface area contributed by atoms with E-state index >= 15 is 0 Å². The summed E-state index contributed by atoms with van der Waals surface area (Å²) in [5.41, 5.74) is 1.13. The van der Waals surface area contributed by atoms with E-state index < -0.39 is 11.4 Å². The monoisotopic (exact) mass is 455 g/mol. The molecular weight excluding hydrogens is 422 g/mol. The minimum atomic E-state index is -0.644. The number of hydrogen-bond donors (Lipinski definition) is 2. The van der Waals surface area contributed by atoms with Crippen LogP contribution in [0.1, 0.15) is 34.1 Å². The highest BCUT2D eigenvalue weighted by molar-refractivity contribution is 6.02. The van der Waals surface area contributed by atoms with Crippen molar-refractivity contribution >= 4 is 29.0 Å². The van der Waals surface area contributed by atoms with Crippen molar-refractivity contribution in [1.82, 2.24) is 0 Å².